The first kappa shape index (κ1) is 16.2. The van der Waals surface area contributed by atoms with Gasteiger partial charge in [0.1, 0.15) is 5.82 Å². The van der Waals surface area contributed by atoms with Gasteiger partial charge in [-0.1, -0.05) is 26.8 Å². The largest absolute Gasteiger partial charge is 0.354 e. The van der Waals surface area contributed by atoms with E-state index in [1.807, 2.05) is 12.3 Å². The predicted molar refractivity (Wildman–Crippen MR) is 89.8 cm³/mol. The van der Waals surface area contributed by atoms with E-state index in [1.54, 1.807) is 0 Å². The average molecular weight is 290 g/mol. The Morgan fingerprint density at radius 2 is 1.90 bits per heavy atom. The van der Waals surface area contributed by atoms with E-state index in [4.69, 9.17) is 0 Å². The molecule has 1 aliphatic heterocycles. The van der Waals surface area contributed by atoms with Crippen LogP contribution in [-0.4, -0.2) is 49.2 Å². The smallest absolute Gasteiger partial charge is 0.133 e. The number of hydrogen-bond acceptors (Lipinski definition) is 4. The van der Waals surface area contributed by atoms with E-state index in [2.05, 4.69) is 53.9 Å². The zero-order valence-corrected chi connectivity index (χ0v) is 14.0. The molecule has 0 spiro atoms. The molecule has 1 aromatic rings. The van der Waals surface area contributed by atoms with Crippen LogP contribution >= 0.6 is 0 Å². The van der Waals surface area contributed by atoms with Gasteiger partial charge in [0.25, 0.3) is 0 Å². The topological polar surface area (TPSA) is 31.4 Å². The zero-order valence-electron chi connectivity index (χ0n) is 14.0. The van der Waals surface area contributed by atoms with E-state index in [9.17, 15) is 0 Å². The standard InChI is InChI=1S/C17H30N4/c1-5-18-15(4)16-7-6-8-19-17(16)21-11-9-20(10-12-21)13-14(2)3/h6-8,14-15,18H,5,9-13H2,1-4H3. The first-order valence-electron chi connectivity index (χ1n) is 8.27. The third-order valence-corrected chi connectivity index (χ3v) is 4.09. The highest BCUT2D eigenvalue weighted by Gasteiger charge is 2.21. The van der Waals surface area contributed by atoms with Crippen molar-refractivity contribution in [1.82, 2.24) is 15.2 Å². The highest BCUT2D eigenvalue weighted by atomic mass is 15.3. The van der Waals surface area contributed by atoms with Gasteiger partial charge in [0, 0.05) is 50.5 Å². The van der Waals surface area contributed by atoms with Gasteiger partial charge in [0.2, 0.25) is 0 Å². The molecule has 0 amide bonds. The summed E-state index contributed by atoms with van der Waals surface area (Å²) in [6.45, 7) is 15.6. The number of nitrogens with zero attached hydrogens (tertiary/aromatic N) is 3. The average Bonchev–Trinajstić information content (AvgIpc) is 2.48. The van der Waals surface area contributed by atoms with Crippen LogP contribution in [0.15, 0.2) is 18.3 Å². The lowest BCUT2D eigenvalue weighted by Gasteiger charge is -2.37. The molecule has 0 radical (unpaired) electrons. The molecule has 2 rings (SSSR count). The molecule has 4 nitrogen and oxygen atoms in total. The Bertz CT molecular complexity index is 425. The van der Waals surface area contributed by atoms with E-state index in [0.717, 1.165) is 44.5 Å². The molecular weight excluding hydrogens is 260 g/mol. The van der Waals surface area contributed by atoms with Gasteiger partial charge >= 0.3 is 0 Å². The van der Waals surface area contributed by atoms with Gasteiger partial charge in [0.15, 0.2) is 0 Å². The number of aromatic nitrogens is 1. The van der Waals surface area contributed by atoms with Crippen LogP contribution in [0.3, 0.4) is 0 Å². The van der Waals surface area contributed by atoms with E-state index in [1.165, 1.54) is 12.1 Å². The third kappa shape index (κ3) is 4.42. The molecule has 1 saturated heterocycles. The van der Waals surface area contributed by atoms with Gasteiger partial charge in [-0.25, -0.2) is 4.98 Å². The molecule has 1 aliphatic rings. The van der Waals surface area contributed by atoms with Gasteiger partial charge in [0.05, 0.1) is 0 Å². The monoisotopic (exact) mass is 290 g/mol. The van der Waals surface area contributed by atoms with Gasteiger partial charge < -0.3 is 10.2 Å². The number of hydrogen-bond donors (Lipinski definition) is 1. The molecule has 1 N–H and O–H groups in total. The van der Waals surface area contributed by atoms with Crippen LogP contribution in [0.2, 0.25) is 0 Å². The Balaban J connectivity index is 2.03. The van der Waals surface area contributed by atoms with Crippen molar-refractivity contribution >= 4 is 5.82 Å². The summed E-state index contributed by atoms with van der Waals surface area (Å²) >= 11 is 0. The van der Waals surface area contributed by atoms with Crippen molar-refractivity contribution < 1.29 is 0 Å². The van der Waals surface area contributed by atoms with E-state index < -0.39 is 0 Å². The zero-order chi connectivity index (χ0) is 15.2. The fraction of sp³-hybridized carbons (Fsp3) is 0.706. The Labute approximate surface area is 129 Å². The molecule has 1 unspecified atom stereocenters. The van der Waals surface area contributed by atoms with Gasteiger partial charge in [-0.05, 0) is 25.5 Å². The van der Waals surface area contributed by atoms with Crippen molar-refractivity contribution in [2.75, 3.05) is 44.2 Å². The minimum atomic E-state index is 0.354. The maximum atomic E-state index is 4.66. The molecule has 0 aliphatic carbocycles. The van der Waals surface area contributed by atoms with Crippen LogP contribution in [0.4, 0.5) is 5.82 Å². The highest BCUT2D eigenvalue weighted by molar-refractivity contribution is 5.48. The maximum absolute atomic E-state index is 4.66. The molecule has 1 atom stereocenters. The number of rotatable bonds is 6. The number of piperazine rings is 1. The number of nitrogens with one attached hydrogen (secondary N) is 1. The van der Waals surface area contributed by atoms with Crippen molar-refractivity contribution in [2.45, 2.75) is 33.7 Å². The van der Waals surface area contributed by atoms with Gasteiger partial charge in [-0.2, -0.15) is 0 Å². The highest BCUT2D eigenvalue weighted by Crippen LogP contribution is 2.24. The Kier molecular flexibility index (Phi) is 6.00. The molecular formula is C17H30N4. The normalized spacial score (nSPS) is 18.2. The fourth-order valence-corrected chi connectivity index (χ4v) is 3.09. The summed E-state index contributed by atoms with van der Waals surface area (Å²) in [5, 5.41) is 3.50. The maximum Gasteiger partial charge on any atom is 0.133 e. The first-order chi connectivity index (χ1) is 10.1. The van der Waals surface area contributed by atoms with Gasteiger partial charge in [-0.15, -0.1) is 0 Å². The van der Waals surface area contributed by atoms with Crippen LogP contribution in [0, 0.1) is 5.92 Å². The van der Waals surface area contributed by atoms with Crippen molar-refractivity contribution in [1.29, 1.82) is 0 Å². The van der Waals surface area contributed by atoms with Crippen LogP contribution < -0.4 is 10.2 Å². The quantitative estimate of drug-likeness (QED) is 0.872. The summed E-state index contributed by atoms with van der Waals surface area (Å²) in [5.41, 5.74) is 1.32. The third-order valence-electron chi connectivity index (χ3n) is 4.09. The summed E-state index contributed by atoms with van der Waals surface area (Å²) < 4.78 is 0. The Morgan fingerprint density at radius 3 is 2.52 bits per heavy atom. The molecule has 118 valence electrons. The summed E-state index contributed by atoms with van der Waals surface area (Å²) in [6.07, 6.45) is 1.91. The Morgan fingerprint density at radius 1 is 1.19 bits per heavy atom. The lowest BCUT2D eigenvalue weighted by Crippen LogP contribution is -2.48. The van der Waals surface area contributed by atoms with E-state index >= 15 is 0 Å². The fourth-order valence-electron chi connectivity index (χ4n) is 3.09. The van der Waals surface area contributed by atoms with E-state index in [-0.39, 0.29) is 0 Å². The molecule has 0 saturated carbocycles. The van der Waals surface area contributed by atoms with Crippen molar-refractivity contribution in [2.24, 2.45) is 5.92 Å². The second-order valence-corrected chi connectivity index (χ2v) is 6.38. The molecule has 0 bridgehead atoms. The Hall–Kier alpha value is -1.13. The van der Waals surface area contributed by atoms with Crippen LogP contribution in [0.25, 0.3) is 0 Å². The lowest BCUT2D eigenvalue weighted by atomic mass is 10.1. The number of pyridine rings is 1. The summed E-state index contributed by atoms with van der Waals surface area (Å²) in [7, 11) is 0. The van der Waals surface area contributed by atoms with Crippen molar-refractivity contribution in [3.8, 4) is 0 Å². The van der Waals surface area contributed by atoms with E-state index in [0.29, 0.717) is 6.04 Å². The minimum absolute atomic E-state index is 0.354. The van der Waals surface area contributed by atoms with Crippen molar-refractivity contribution in [3.63, 3.8) is 0 Å². The lowest BCUT2D eigenvalue weighted by molar-refractivity contribution is 0.230. The first-order valence-corrected chi connectivity index (χ1v) is 8.27. The summed E-state index contributed by atoms with van der Waals surface area (Å²) in [5.74, 6) is 1.91. The second kappa shape index (κ2) is 7.76. The SMILES string of the molecule is CCNC(C)c1cccnc1N1CCN(CC(C)C)CC1. The summed E-state index contributed by atoms with van der Waals surface area (Å²) in [4.78, 5) is 9.67. The number of anilines is 1. The predicted octanol–water partition coefficient (Wildman–Crippen LogP) is 2.53. The molecule has 1 aromatic heterocycles. The molecule has 1 fully saturated rings. The molecule has 0 aromatic carbocycles. The van der Waals surface area contributed by atoms with Crippen LogP contribution in [-0.2, 0) is 0 Å². The van der Waals surface area contributed by atoms with Gasteiger partial charge in [-0.3, -0.25) is 4.90 Å². The second-order valence-electron chi connectivity index (χ2n) is 6.38. The molecule has 4 heteroatoms. The van der Waals surface area contributed by atoms with Crippen LogP contribution in [0.1, 0.15) is 39.3 Å². The molecule has 2 heterocycles. The van der Waals surface area contributed by atoms with Crippen LogP contribution in [0.5, 0.6) is 0 Å². The molecule has 21 heavy (non-hydrogen) atoms. The minimum Gasteiger partial charge on any atom is -0.354 e. The summed E-state index contributed by atoms with van der Waals surface area (Å²) in [6, 6.07) is 4.60. The van der Waals surface area contributed by atoms with Crippen molar-refractivity contribution in [3.05, 3.63) is 23.9 Å².